The quantitative estimate of drug-likeness (QED) is 0.629. The van der Waals surface area contributed by atoms with Gasteiger partial charge in [-0.15, -0.1) is 0 Å². The van der Waals surface area contributed by atoms with Gasteiger partial charge in [-0.25, -0.2) is 0 Å². The normalized spacial score (nSPS) is 13.3. The maximum absolute atomic E-state index is 10.5. The zero-order valence-electron chi connectivity index (χ0n) is 11.6. The highest BCUT2D eigenvalue weighted by Gasteiger charge is 2.05. The van der Waals surface area contributed by atoms with Crippen molar-refractivity contribution in [3.63, 3.8) is 0 Å². The topological polar surface area (TPSA) is 37.3 Å². The number of allylic oxidation sites excluding steroid dienone is 4. The molecule has 0 radical (unpaired) electrons. The van der Waals surface area contributed by atoms with Crippen molar-refractivity contribution >= 4 is 5.97 Å². The zero-order chi connectivity index (χ0) is 13.3. The second-order valence-electron chi connectivity index (χ2n) is 5.15. The van der Waals surface area contributed by atoms with Crippen molar-refractivity contribution < 1.29 is 9.90 Å². The third kappa shape index (κ3) is 11.2. The van der Waals surface area contributed by atoms with Gasteiger partial charge >= 0.3 is 5.97 Å². The van der Waals surface area contributed by atoms with Crippen LogP contribution in [0, 0.1) is 5.92 Å². The molecule has 0 unspecified atom stereocenters. The second-order valence-corrected chi connectivity index (χ2v) is 5.15. The van der Waals surface area contributed by atoms with Gasteiger partial charge in [-0.2, -0.15) is 0 Å². The van der Waals surface area contributed by atoms with E-state index in [-0.39, 0.29) is 12.3 Å². The Kier molecular flexibility index (Phi) is 8.47. The monoisotopic (exact) mass is 238 g/mol. The number of carboxylic acids is 1. The summed E-state index contributed by atoms with van der Waals surface area (Å²) in [7, 11) is 0. The van der Waals surface area contributed by atoms with E-state index in [1.807, 2.05) is 6.92 Å². The van der Waals surface area contributed by atoms with Crippen LogP contribution in [0.3, 0.4) is 0 Å². The molecule has 98 valence electrons. The Morgan fingerprint density at radius 1 is 1.18 bits per heavy atom. The number of hydrogen-bond donors (Lipinski definition) is 1. The van der Waals surface area contributed by atoms with E-state index in [9.17, 15) is 4.79 Å². The van der Waals surface area contributed by atoms with E-state index in [4.69, 9.17) is 5.11 Å². The minimum absolute atomic E-state index is 0.273. The number of hydrogen-bond acceptors (Lipinski definition) is 1. The highest BCUT2D eigenvalue weighted by atomic mass is 16.4. The maximum Gasteiger partial charge on any atom is 0.303 e. The van der Waals surface area contributed by atoms with Gasteiger partial charge in [0.15, 0.2) is 0 Å². The van der Waals surface area contributed by atoms with Crippen molar-refractivity contribution in [1.29, 1.82) is 0 Å². The van der Waals surface area contributed by atoms with E-state index < -0.39 is 5.97 Å². The minimum atomic E-state index is -0.693. The zero-order valence-corrected chi connectivity index (χ0v) is 11.6. The van der Waals surface area contributed by atoms with Gasteiger partial charge in [0.2, 0.25) is 0 Å². The lowest BCUT2D eigenvalue weighted by Crippen LogP contribution is -2.03. The molecule has 0 aliphatic rings. The van der Waals surface area contributed by atoms with Crippen LogP contribution in [-0.2, 0) is 4.79 Å². The lowest BCUT2D eigenvalue weighted by molar-refractivity contribution is -0.138. The molecule has 0 aromatic heterocycles. The molecule has 0 aliphatic heterocycles. The minimum Gasteiger partial charge on any atom is -0.481 e. The van der Waals surface area contributed by atoms with Crippen molar-refractivity contribution in [2.75, 3.05) is 0 Å². The lowest BCUT2D eigenvalue weighted by atomic mass is 10.0. The summed E-state index contributed by atoms with van der Waals surface area (Å²) in [5.74, 6) is -0.420. The summed E-state index contributed by atoms with van der Waals surface area (Å²) >= 11 is 0. The smallest absolute Gasteiger partial charge is 0.303 e. The molecule has 0 aromatic carbocycles. The van der Waals surface area contributed by atoms with Gasteiger partial charge in [0.1, 0.15) is 0 Å². The van der Waals surface area contributed by atoms with Crippen LogP contribution in [0.15, 0.2) is 23.3 Å². The summed E-state index contributed by atoms with van der Waals surface area (Å²) in [6.07, 6.45) is 8.96. The van der Waals surface area contributed by atoms with Crippen LogP contribution in [0.25, 0.3) is 0 Å². The average molecular weight is 238 g/mol. The van der Waals surface area contributed by atoms with Crippen LogP contribution in [-0.4, -0.2) is 11.1 Å². The van der Waals surface area contributed by atoms with Gasteiger partial charge in [-0.1, -0.05) is 30.2 Å². The Bertz CT molecular complexity index is 283. The van der Waals surface area contributed by atoms with Crippen molar-refractivity contribution in [2.24, 2.45) is 5.92 Å². The number of aliphatic carboxylic acids is 1. The second kappa shape index (κ2) is 9.03. The summed E-state index contributed by atoms with van der Waals surface area (Å²) in [4.78, 5) is 10.5. The summed E-state index contributed by atoms with van der Waals surface area (Å²) < 4.78 is 0. The van der Waals surface area contributed by atoms with Crippen LogP contribution >= 0.6 is 0 Å². The van der Waals surface area contributed by atoms with Gasteiger partial charge in [0.05, 0.1) is 0 Å². The first-order valence-electron chi connectivity index (χ1n) is 6.42. The summed E-state index contributed by atoms with van der Waals surface area (Å²) in [5.41, 5.74) is 2.78. The fraction of sp³-hybridized carbons (Fsp3) is 0.667. The van der Waals surface area contributed by atoms with Crippen LogP contribution in [0.2, 0.25) is 0 Å². The number of carboxylic acid groups (broad SMARTS) is 1. The van der Waals surface area contributed by atoms with Crippen LogP contribution in [0.1, 0.15) is 59.8 Å². The molecule has 0 bridgehead atoms. The molecule has 0 rings (SSSR count). The fourth-order valence-electron chi connectivity index (χ4n) is 1.70. The van der Waals surface area contributed by atoms with Crippen LogP contribution in [0.5, 0.6) is 0 Å². The summed E-state index contributed by atoms with van der Waals surface area (Å²) in [6, 6.07) is 0. The third-order valence-electron chi connectivity index (χ3n) is 2.77. The SMILES string of the molecule is CC(C)=CCC/C(C)=C/CC[C@H](C)CC(=O)O. The Hall–Kier alpha value is -1.05. The average Bonchev–Trinajstić information content (AvgIpc) is 2.15. The lowest BCUT2D eigenvalue weighted by Gasteiger charge is -2.06. The summed E-state index contributed by atoms with van der Waals surface area (Å²) in [5, 5.41) is 8.64. The molecule has 0 saturated heterocycles. The molecule has 17 heavy (non-hydrogen) atoms. The molecule has 1 N–H and O–H groups in total. The first kappa shape index (κ1) is 16.0. The highest BCUT2D eigenvalue weighted by Crippen LogP contribution is 2.13. The Labute approximate surface area is 105 Å². The molecule has 0 saturated carbocycles. The number of rotatable bonds is 8. The predicted molar refractivity (Wildman–Crippen MR) is 73.1 cm³/mol. The molecule has 1 atom stereocenters. The van der Waals surface area contributed by atoms with Crippen LogP contribution in [0.4, 0.5) is 0 Å². The van der Waals surface area contributed by atoms with Gasteiger partial charge in [-0.05, 0) is 52.4 Å². The number of carbonyl (C=O) groups is 1. The fourth-order valence-corrected chi connectivity index (χ4v) is 1.70. The van der Waals surface area contributed by atoms with Gasteiger partial charge in [-0.3, -0.25) is 4.79 Å². The van der Waals surface area contributed by atoms with E-state index in [1.165, 1.54) is 11.1 Å². The highest BCUT2D eigenvalue weighted by molar-refractivity contribution is 5.66. The Morgan fingerprint density at radius 3 is 2.35 bits per heavy atom. The Balaban J connectivity index is 3.76. The Morgan fingerprint density at radius 2 is 1.82 bits per heavy atom. The molecular formula is C15H26O2. The molecule has 0 heterocycles. The van der Waals surface area contributed by atoms with Crippen molar-refractivity contribution in [3.05, 3.63) is 23.3 Å². The first-order chi connectivity index (χ1) is 7.91. The first-order valence-corrected chi connectivity index (χ1v) is 6.42. The van der Waals surface area contributed by atoms with E-state index in [0.717, 1.165) is 25.7 Å². The molecule has 0 spiro atoms. The van der Waals surface area contributed by atoms with E-state index in [2.05, 4.69) is 32.9 Å². The molecule has 0 aromatic rings. The van der Waals surface area contributed by atoms with Crippen LogP contribution < -0.4 is 0 Å². The molecule has 0 fully saturated rings. The summed E-state index contributed by atoms with van der Waals surface area (Å²) in [6.45, 7) is 8.39. The van der Waals surface area contributed by atoms with Gasteiger partial charge < -0.3 is 5.11 Å². The molecule has 2 heteroatoms. The molecule has 0 aliphatic carbocycles. The van der Waals surface area contributed by atoms with Crippen molar-refractivity contribution in [3.8, 4) is 0 Å². The largest absolute Gasteiger partial charge is 0.481 e. The van der Waals surface area contributed by atoms with Crippen molar-refractivity contribution in [2.45, 2.75) is 59.8 Å². The molecule has 0 amide bonds. The van der Waals surface area contributed by atoms with E-state index >= 15 is 0 Å². The predicted octanol–water partition coefficient (Wildman–Crippen LogP) is 4.57. The molecule has 2 nitrogen and oxygen atoms in total. The van der Waals surface area contributed by atoms with E-state index in [1.54, 1.807) is 0 Å². The van der Waals surface area contributed by atoms with Gasteiger partial charge in [0.25, 0.3) is 0 Å². The maximum atomic E-state index is 10.5. The van der Waals surface area contributed by atoms with Crippen molar-refractivity contribution in [1.82, 2.24) is 0 Å². The molecular weight excluding hydrogens is 212 g/mol. The third-order valence-corrected chi connectivity index (χ3v) is 2.77. The van der Waals surface area contributed by atoms with E-state index in [0.29, 0.717) is 0 Å². The standard InChI is InChI=1S/C15H26O2/c1-12(2)7-5-8-13(3)9-6-10-14(4)11-15(16)17/h7,9,14H,5-6,8,10-11H2,1-4H3,(H,16,17)/b13-9+/t14-/m0/s1. The van der Waals surface area contributed by atoms with Gasteiger partial charge in [0, 0.05) is 6.42 Å².